The molecule has 0 bridgehead atoms. The molecular weight excluding hydrogens is 288 g/mol. The summed E-state index contributed by atoms with van der Waals surface area (Å²) in [5.74, 6) is 1.77. The van der Waals surface area contributed by atoms with Crippen molar-refractivity contribution in [3.05, 3.63) is 29.8 Å². The van der Waals surface area contributed by atoms with Gasteiger partial charge in [-0.2, -0.15) is 0 Å². The van der Waals surface area contributed by atoms with Gasteiger partial charge >= 0.3 is 0 Å². The van der Waals surface area contributed by atoms with Gasteiger partial charge in [-0.15, -0.1) is 12.4 Å². The number of methoxy groups -OCH3 is 1. The van der Waals surface area contributed by atoms with Crippen molar-refractivity contribution in [1.29, 1.82) is 0 Å². The number of nitrogens with zero attached hydrogens (tertiary/aromatic N) is 1. The molecule has 1 aliphatic rings. The molecule has 1 fully saturated rings. The lowest BCUT2D eigenvalue weighted by Crippen LogP contribution is -2.39. The van der Waals surface area contributed by atoms with Crippen molar-refractivity contribution in [2.75, 3.05) is 26.7 Å². The molecule has 1 aromatic rings. The first-order valence-electron chi connectivity index (χ1n) is 7.33. The largest absolute Gasteiger partial charge is 0.497 e. The molecule has 4 nitrogen and oxygen atoms in total. The van der Waals surface area contributed by atoms with Crippen molar-refractivity contribution in [2.45, 2.75) is 25.7 Å². The number of amides is 1. The van der Waals surface area contributed by atoms with Crippen LogP contribution in [0, 0.1) is 5.92 Å². The maximum atomic E-state index is 11.8. The van der Waals surface area contributed by atoms with Crippen molar-refractivity contribution in [3.63, 3.8) is 0 Å². The van der Waals surface area contributed by atoms with E-state index in [1.807, 2.05) is 17.0 Å². The van der Waals surface area contributed by atoms with E-state index in [0.717, 1.165) is 38.1 Å². The third kappa shape index (κ3) is 5.21. The number of carbonyl (C=O) groups excluding carboxylic acids is 1. The molecule has 5 heteroatoms. The summed E-state index contributed by atoms with van der Waals surface area (Å²) in [6, 6.07) is 8.28. The minimum atomic E-state index is 0. The standard InChI is InChI=1S/C16H24N2O2.ClH/c1-20-15-4-2-13(3-5-15)12-14-7-10-18(11-8-14)16(19)6-9-17;/h2-5,14H,6-12,17H2,1H3;1H. The van der Waals surface area contributed by atoms with Gasteiger partial charge in [0.1, 0.15) is 5.75 Å². The van der Waals surface area contributed by atoms with E-state index >= 15 is 0 Å². The fourth-order valence-corrected chi connectivity index (χ4v) is 2.76. The Balaban J connectivity index is 0.00000220. The Hall–Kier alpha value is -1.26. The lowest BCUT2D eigenvalue weighted by molar-refractivity contribution is -0.132. The zero-order valence-electron chi connectivity index (χ0n) is 12.6. The molecule has 21 heavy (non-hydrogen) atoms. The number of rotatable bonds is 5. The fraction of sp³-hybridized carbons (Fsp3) is 0.562. The van der Waals surface area contributed by atoms with Crippen LogP contribution >= 0.6 is 12.4 Å². The molecule has 0 unspecified atom stereocenters. The second kappa shape index (κ2) is 8.90. The molecule has 1 heterocycles. The van der Waals surface area contributed by atoms with E-state index in [1.165, 1.54) is 5.56 Å². The van der Waals surface area contributed by atoms with Gasteiger partial charge in [-0.05, 0) is 42.9 Å². The highest BCUT2D eigenvalue weighted by Gasteiger charge is 2.22. The zero-order valence-corrected chi connectivity index (χ0v) is 13.4. The quantitative estimate of drug-likeness (QED) is 0.907. The van der Waals surface area contributed by atoms with Gasteiger partial charge in [0.25, 0.3) is 0 Å². The van der Waals surface area contributed by atoms with Crippen LogP contribution in [-0.2, 0) is 11.2 Å². The fourth-order valence-electron chi connectivity index (χ4n) is 2.76. The SMILES string of the molecule is COc1ccc(CC2CCN(C(=O)CCN)CC2)cc1.Cl. The molecule has 0 atom stereocenters. The molecule has 0 saturated carbocycles. The van der Waals surface area contributed by atoms with E-state index in [0.29, 0.717) is 18.9 Å². The van der Waals surface area contributed by atoms with Crippen molar-refractivity contribution < 1.29 is 9.53 Å². The van der Waals surface area contributed by atoms with Crippen LogP contribution in [0.5, 0.6) is 5.75 Å². The van der Waals surface area contributed by atoms with Crippen molar-refractivity contribution in [3.8, 4) is 5.75 Å². The summed E-state index contributed by atoms with van der Waals surface area (Å²) in [5, 5.41) is 0. The smallest absolute Gasteiger partial charge is 0.223 e. The van der Waals surface area contributed by atoms with Crippen LogP contribution in [-0.4, -0.2) is 37.6 Å². The Labute approximate surface area is 133 Å². The first-order chi connectivity index (χ1) is 9.72. The number of hydrogen-bond acceptors (Lipinski definition) is 3. The maximum absolute atomic E-state index is 11.8. The first kappa shape index (κ1) is 17.8. The van der Waals surface area contributed by atoms with Crippen LogP contribution < -0.4 is 10.5 Å². The van der Waals surface area contributed by atoms with E-state index in [1.54, 1.807) is 7.11 Å². The summed E-state index contributed by atoms with van der Waals surface area (Å²) in [6.45, 7) is 2.20. The number of benzene rings is 1. The van der Waals surface area contributed by atoms with Crippen LogP contribution in [0.1, 0.15) is 24.8 Å². The molecule has 0 aliphatic carbocycles. The molecule has 1 amide bonds. The van der Waals surface area contributed by atoms with Gasteiger partial charge in [0.2, 0.25) is 5.91 Å². The number of hydrogen-bond donors (Lipinski definition) is 1. The lowest BCUT2D eigenvalue weighted by atomic mass is 9.90. The molecule has 118 valence electrons. The Morgan fingerprint density at radius 1 is 1.29 bits per heavy atom. The van der Waals surface area contributed by atoms with E-state index < -0.39 is 0 Å². The summed E-state index contributed by atoms with van der Waals surface area (Å²) >= 11 is 0. The Bertz CT molecular complexity index is 428. The number of likely N-dealkylation sites (tertiary alicyclic amines) is 1. The van der Waals surface area contributed by atoms with Gasteiger partial charge in [-0.25, -0.2) is 0 Å². The molecule has 2 N–H and O–H groups in total. The van der Waals surface area contributed by atoms with Crippen LogP contribution in [0.25, 0.3) is 0 Å². The average molecular weight is 313 g/mol. The minimum absolute atomic E-state index is 0. The molecule has 2 rings (SSSR count). The van der Waals surface area contributed by atoms with E-state index in [-0.39, 0.29) is 18.3 Å². The third-order valence-corrected chi connectivity index (χ3v) is 4.01. The van der Waals surface area contributed by atoms with Crippen LogP contribution in [0.3, 0.4) is 0 Å². The molecule has 0 spiro atoms. The van der Waals surface area contributed by atoms with E-state index in [4.69, 9.17) is 10.5 Å². The summed E-state index contributed by atoms with van der Waals surface area (Å²) in [7, 11) is 1.68. The van der Waals surface area contributed by atoms with Crippen LogP contribution in [0.15, 0.2) is 24.3 Å². The lowest BCUT2D eigenvalue weighted by Gasteiger charge is -2.32. The highest BCUT2D eigenvalue weighted by Crippen LogP contribution is 2.23. The molecule has 1 saturated heterocycles. The van der Waals surface area contributed by atoms with Gasteiger partial charge in [0, 0.05) is 26.1 Å². The second-order valence-electron chi connectivity index (χ2n) is 5.42. The third-order valence-electron chi connectivity index (χ3n) is 4.01. The number of nitrogens with two attached hydrogens (primary N) is 1. The molecule has 1 aromatic carbocycles. The van der Waals surface area contributed by atoms with Gasteiger partial charge in [0.05, 0.1) is 7.11 Å². The molecule has 0 radical (unpaired) electrons. The highest BCUT2D eigenvalue weighted by molar-refractivity contribution is 5.85. The Morgan fingerprint density at radius 2 is 1.90 bits per heavy atom. The zero-order chi connectivity index (χ0) is 14.4. The molecule has 1 aliphatic heterocycles. The van der Waals surface area contributed by atoms with Gasteiger partial charge < -0.3 is 15.4 Å². The number of halogens is 1. The van der Waals surface area contributed by atoms with Crippen LogP contribution in [0.2, 0.25) is 0 Å². The van der Waals surface area contributed by atoms with Crippen molar-refractivity contribution >= 4 is 18.3 Å². The predicted octanol–water partition coefficient (Wildman–Crippen LogP) is 2.25. The average Bonchev–Trinajstić information content (AvgIpc) is 2.49. The van der Waals surface area contributed by atoms with Gasteiger partial charge in [0.15, 0.2) is 0 Å². The maximum Gasteiger partial charge on any atom is 0.223 e. The van der Waals surface area contributed by atoms with Crippen molar-refractivity contribution in [1.82, 2.24) is 4.90 Å². The van der Waals surface area contributed by atoms with Gasteiger partial charge in [-0.3, -0.25) is 4.79 Å². The minimum Gasteiger partial charge on any atom is -0.497 e. The van der Waals surface area contributed by atoms with Gasteiger partial charge in [-0.1, -0.05) is 12.1 Å². The summed E-state index contributed by atoms with van der Waals surface area (Å²) < 4.78 is 5.17. The first-order valence-corrected chi connectivity index (χ1v) is 7.33. The van der Waals surface area contributed by atoms with Crippen LogP contribution in [0.4, 0.5) is 0 Å². The second-order valence-corrected chi connectivity index (χ2v) is 5.42. The predicted molar refractivity (Wildman–Crippen MR) is 86.9 cm³/mol. The number of piperidine rings is 1. The van der Waals surface area contributed by atoms with E-state index in [9.17, 15) is 4.79 Å². The monoisotopic (exact) mass is 312 g/mol. The Kier molecular flexibility index (Phi) is 7.54. The number of carbonyl (C=O) groups is 1. The summed E-state index contributed by atoms with van der Waals surface area (Å²) in [4.78, 5) is 13.7. The topological polar surface area (TPSA) is 55.6 Å². The van der Waals surface area contributed by atoms with E-state index in [2.05, 4.69) is 12.1 Å². The normalized spacial score (nSPS) is 15.4. The summed E-state index contributed by atoms with van der Waals surface area (Å²) in [6.07, 6.45) is 3.73. The highest BCUT2D eigenvalue weighted by atomic mass is 35.5. The Morgan fingerprint density at radius 3 is 2.43 bits per heavy atom. The summed E-state index contributed by atoms with van der Waals surface area (Å²) in [5.41, 5.74) is 6.78. The van der Waals surface area contributed by atoms with Crippen molar-refractivity contribution in [2.24, 2.45) is 11.7 Å². The molecule has 0 aromatic heterocycles. The number of ether oxygens (including phenoxy) is 1. The molecular formula is C16H25ClN2O2.